The van der Waals surface area contributed by atoms with E-state index in [1.807, 2.05) is 0 Å². The predicted octanol–water partition coefficient (Wildman–Crippen LogP) is 3.93. The van der Waals surface area contributed by atoms with Crippen LogP contribution in [0.5, 0.6) is 11.5 Å². The number of ether oxygens (including phenoxy) is 1. The lowest BCUT2D eigenvalue weighted by atomic mass is 10.3. The van der Waals surface area contributed by atoms with Gasteiger partial charge in [-0.3, -0.25) is 0 Å². The number of nitrogens with one attached hydrogen (secondary N) is 2. The summed E-state index contributed by atoms with van der Waals surface area (Å²) in [6, 6.07) is 9.94. The molecule has 8 heteroatoms. The van der Waals surface area contributed by atoms with E-state index in [2.05, 4.69) is 15.4 Å². The van der Waals surface area contributed by atoms with Gasteiger partial charge in [-0.2, -0.15) is 0 Å². The number of alkyl halides is 3. The number of anilines is 2. The van der Waals surface area contributed by atoms with Gasteiger partial charge in [-0.05, 0) is 48.5 Å². The molecule has 0 radical (unpaired) electrons. The van der Waals surface area contributed by atoms with Crippen molar-refractivity contribution >= 4 is 17.4 Å². The Labute approximate surface area is 123 Å². The third-order valence-electron chi connectivity index (χ3n) is 2.47. The van der Waals surface area contributed by atoms with E-state index in [0.29, 0.717) is 11.4 Å². The molecule has 0 saturated heterocycles. The van der Waals surface area contributed by atoms with Crippen LogP contribution in [-0.4, -0.2) is 17.5 Å². The van der Waals surface area contributed by atoms with Crippen molar-refractivity contribution in [3.63, 3.8) is 0 Å². The second kappa shape index (κ2) is 6.25. The number of phenols is 1. The van der Waals surface area contributed by atoms with Crippen LogP contribution < -0.4 is 15.4 Å². The fourth-order valence-corrected chi connectivity index (χ4v) is 1.58. The number of hydrogen-bond acceptors (Lipinski definition) is 3. The van der Waals surface area contributed by atoms with Gasteiger partial charge in [-0.15, -0.1) is 13.2 Å². The van der Waals surface area contributed by atoms with E-state index in [1.54, 1.807) is 0 Å². The molecule has 0 aliphatic heterocycles. The maximum atomic E-state index is 12.0. The summed E-state index contributed by atoms with van der Waals surface area (Å²) in [7, 11) is 0. The second-order valence-corrected chi connectivity index (χ2v) is 4.20. The third kappa shape index (κ3) is 4.89. The van der Waals surface area contributed by atoms with Gasteiger partial charge in [0.1, 0.15) is 11.5 Å². The summed E-state index contributed by atoms with van der Waals surface area (Å²) < 4.78 is 39.7. The van der Waals surface area contributed by atoms with Gasteiger partial charge < -0.3 is 20.5 Å². The summed E-state index contributed by atoms with van der Waals surface area (Å²) in [5.41, 5.74) is 0.748. The smallest absolute Gasteiger partial charge is 0.508 e. The SMILES string of the molecule is O=C(Nc1ccc(O)cc1)Nc1ccc(OC(F)(F)F)cc1. The molecule has 0 fully saturated rings. The van der Waals surface area contributed by atoms with E-state index in [1.165, 1.54) is 36.4 Å². The summed E-state index contributed by atoms with van der Waals surface area (Å²) in [6.07, 6.45) is -4.76. The van der Waals surface area contributed by atoms with Gasteiger partial charge in [-0.25, -0.2) is 4.79 Å². The Balaban J connectivity index is 1.93. The molecule has 2 aromatic rings. The van der Waals surface area contributed by atoms with E-state index in [-0.39, 0.29) is 11.5 Å². The van der Waals surface area contributed by atoms with Crippen LogP contribution in [0.4, 0.5) is 29.3 Å². The van der Waals surface area contributed by atoms with Crippen LogP contribution in [0, 0.1) is 0 Å². The Hall–Kier alpha value is -2.90. The van der Waals surface area contributed by atoms with Crippen LogP contribution in [0.15, 0.2) is 48.5 Å². The van der Waals surface area contributed by atoms with Crippen LogP contribution >= 0.6 is 0 Å². The number of rotatable bonds is 3. The number of carbonyl (C=O) groups excluding carboxylic acids is 1. The molecule has 0 heterocycles. The number of carbonyl (C=O) groups is 1. The molecule has 116 valence electrons. The number of hydrogen-bond donors (Lipinski definition) is 3. The Morgan fingerprint density at radius 2 is 1.36 bits per heavy atom. The Kier molecular flexibility index (Phi) is 4.40. The Morgan fingerprint density at radius 1 is 0.909 bits per heavy atom. The summed E-state index contributed by atoms with van der Waals surface area (Å²) in [4.78, 5) is 11.7. The number of aromatic hydroxyl groups is 1. The molecule has 3 N–H and O–H groups in total. The van der Waals surface area contributed by atoms with Gasteiger partial charge in [0.15, 0.2) is 0 Å². The quantitative estimate of drug-likeness (QED) is 0.752. The van der Waals surface area contributed by atoms with E-state index in [4.69, 9.17) is 5.11 Å². The highest BCUT2D eigenvalue weighted by atomic mass is 19.4. The van der Waals surface area contributed by atoms with Crippen molar-refractivity contribution in [2.45, 2.75) is 6.36 Å². The number of urea groups is 1. The minimum Gasteiger partial charge on any atom is -0.508 e. The molecule has 0 saturated carbocycles. The fraction of sp³-hybridized carbons (Fsp3) is 0.0714. The van der Waals surface area contributed by atoms with Crippen molar-refractivity contribution in [3.05, 3.63) is 48.5 Å². The van der Waals surface area contributed by atoms with Crippen molar-refractivity contribution in [3.8, 4) is 11.5 Å². The first-order chi connectivity index (χ1) is 10.3. The fourth-order valence-electron chi connectivity index (χ4n) is 1.58. The van der Waals surface area contributed by atoms with E-state index >= 15 is 0 Å². The summed E-state index contributed by atoms with van der Waals surface area (Å²) in [5.74, 6) is -0.316. The Bertz CT molecular complexity index is 640. The van der Waals surface area contributed by atoms with Gasteiger partial charge in [0.05, 0.1) is 0 Å². The molecule has 0 aliphatic rings. The molecule has 22 heavy (non-hydrogen) atoms. The Morgan fingerprint density at radius 3 is 1.82 bits per heavy atom. The molecule has 0 aromatic heterocycles. The topological polar surface area (TPSA) is 70.6 Å². The largest absolute Gasteiger partial charge is 0.573 e. The highest BCUT2D eigenvalue weighted by molar-refractivity contribution is 5.99. The monoisotopic (exact) mass is 312 g/mol. The number of benzene rings is 2. The van der Waals surface area contributed by atoms with Gasteiger partial charge in [0.25, 0.3) is 0 Å². The van der Waals surface area contributed by atoms with Crippen molar-refractivity contribution in [1.29, 1.82) is 0 Å². The van der Waals surface area contributed by atoms with Crippen LogP contribution in [0.2, 0.25) is 0 Å². The van der Waals surface area contributed by atoms with Crippen molar-refractivity contribution in [2.24, 2.45) is 0 Å². The van der Waals surface area contributed by atoms with Gasteiger partial charge in [0, 0.05) is 11.4 Å². The molecule has 5 nitrogen and oxygen atoms in total. The lowest BCUT2D eigenvalue weighted by Crippen LogP contribution is -2.19. The van der Waals surface area contributed by atoms with Gasteiger partial charge >= 0.3 is 12.4 Å². The number of amides is 2. The third-order valence-corrected chi connectivity index (χ3v) is 2.47. The van der Waals surface area contributed by atoms with Crippen LogP contribution in [0.3, 0.4) is 0 Å². The van der Waals surface area contributed by atoms with Crippen LogP contribution in [0.1, 0.15) is 0 Å². The minimum absolute atomic E-state index is 0.0613. The molecule has 0 aliphatic carbocycles. The maximum Gasteiger partial charge on any atom is 0.573 e. The number of halogens is 3. The van der Waals surface area contributed by atoms with Gasteiger partial charge in [-0.1, -0.05) is 0 Å². The average molecular weight is 312 g/mol. The molecule has 2 amide bonds. The lowest BCUT2D eigenvalue weighted by Gasteiger charge is -2.10. The molecule has 0 unspecified atom stereocenters. The zero-order valence-corrected chi connectivity index (χ0v) is 11.0. The highest BCUT2D eigenvalue weighted by Gasteiger charge is 2.30. The molecule has 0 bridgehead atoms. The molecule has 0 atom stereocenters. The van der Waals surface area contributed by atoms with E-state index in [9.17, 15) is 18.0 Å². The zero-order valence-electron chi connectivity index (χ0n) is 11.0. The first-order valence-corrected chi connectivity index (χ1v) is 6.05. The summed E-state index contributed by atoms with van der Waals surface area (Å²) >= 11 is 0. The summed E-state index contributed by atoms with van der Waals surface area (Å²) in [6.45, 7) is 0. The van der Waals surface area contributed by atoms with Crippen molar-refractivity contribution in [1.82, 2.24) is 0 Å². The first kappa shape index (κ1) is 15.5. The standard InChI is InChI=1S/C14H11F3N2O3/c15-14(16,17)22-12-7-3-10(4-8-12)19-13(21)18-9-1-5-11(20)6-2-9/h1-8,20H,(H2,18,19,21). The molecule has 2 aromatic carbocycles. The molecule has 0 spiro atoms. The van der Waals surface area contributed by atoms with Gasteiger partial charge in [0.2, 0.25) is 0 Å². The predicted molar refractivity (Wildman–Crippen MR) is 73.9 cm³/mol. The van der Waals surface area contributed by atoms with Crippen molar-refractivity contribution < 1.29 is 27.8 Å². The lowest BCUT2D eigenvalue weighted by molar-refractivity contribution is -0.274. The average Bonchev–Trinajstić information content (AvgIpc) is 2.42. The number of phenolic OH excluding ortho intramolecular Hbond substituents is 1. The molecular weight excluding hydrogens is 301 g/mol. The van der Waals surface area contributed by atoms with E-state index < -0.39 is 12.4 Å². The summed E-state index contributed by atoms with van der Waals surface area (Å²) in [5, 5.41) is 14.1. The van der Waals surface area contributed by atoms with Crippen LogP contribution in [-0.2, 0) is 0 Å². The highest BCUT2D eigenvalue weighted by Crippen LogP contribution is 2.24. The van der Waals surface area contributed by atoms with Crippen LogP contribution in [0.25, 0.3) is 0 Å². The molecular formula is C14H11F3N2O3. The zero-order chi connectivity index (χ0) is 16.2. The second-order valence-electron chi connectivity index (χ2n) is 4.20. The first-order valence-electron chi connectivity index (χ1n) is 6.05. The maximum absolute atomic E-state index is 12.0. The van der Waals surface area contributed by atoms with E-state index in [0.717, 1.165) is 12.1 Å². The minimum atomic E-state index is -4.76. The normalized spacial score (nSPS) is 10.9. The molecule has 2 rings (SSSR count). The van der Waals surface area contributed by atoms with Crippen molar-refractivity contribution in [2.75, 3.05) is 10.6 Å².